The standard InChI is InChI=1S/C24H35NO3.C22H33NO2/c1-14-10-17(12-18(27)11-14)22(28)21-15(2)19(25-16(3)26)13-20-23(4,5)8-7-9-24(20,21)6;1-13-9-15(11-16(24)10-13)20(25)19-14(2)17(23)12-18-21(3,4)7-6-8-22(18,19)5/h10-12,15,19-21,27H,7-9,13H2,1-6H3,(H,25,26);9-11,14,17-19,24H,6-8,12,23H2,1-5H3/t15-,19-,20+,21-,24+;14-,17-,18+,19-,22+/m11/s1. The molecule has 0 aliphatic heterocycles. The van der Waals surface area contributed by atoms with Crippen molar-refractivity contribution < 1.29 is 24.6 Å². The topological polar surface area (TPSA) is 130 Å². The first-order chi connectivity index (χ1) is 24.5. The van der Waals surface area contributed by atoms with Crippen molar-refractivity contribution in [2.45, 2.75) is 140 Å². The zero-order valence-electron chi connectivity index (χ0n) is 34.4. The summed E-state index contributed by atoms with van der Waals surface area (Å²) in [5, 5.41) is 23.1. The van der Waals surface area contributed by atoms with Crippen LogP contribution in [0.3, 0.4) is 0 Å². The molecule has 2 aromatic rings. The summed E-state index contributed by atoms with van der Waals surface area (Å²) in [4.78, 5) is 39.2. The van der Waals surface area contributed by atoms with Gasteiger partial charge in [0, 0.05) is 42.0 Å². The van der Waals surface area contributed by atoms with Crippen LogP contribution in [0.2, 0.25) is 0 Å². The molecule has 0 saturated heterocycles. The summed E-state index contributed by atoms with van der Waals surface area (Å²) >= 11 is 0. The third kappa shape index (κ3) is 7.84. The van der Waals surface area contributed by atoms with Crippen molar-refractivity contribution in [2.24, 2.45) is 62.9 Å². The predicted octanol–water partition coefficient (Wildman–Crippen LogP) is 9.58. The number of amides is 1. The van der Waals surface area contributed by atoms with E-state index in [1.165, 1.54) is 12.8 Å². The number of phenolic OH excluding ortho intramolecular Hbond substituents is 2. The number of Topliss-reactive ketones (excluding diaryl/α,β-unsaturated/α-hetero) is 2. The number of nitrogens with two attached hydrogens (primary N) is 1. The molecule has 10 atom stereocenters. The van der Waals surface area contributed by atoms with E-state index in [2.05, 4.69) is 60.7 Å². The van der Waals surface area contributed by atoms with Gasteiger partial charge in [0.25, 0.3) is 0 Å². The van der Waals surface area contributed by atoms with Crippen molar-refractivity contribution in [3.8, 4) is 11.5 Å². The molecule has 4 aliphatic carbocycles. The van der Waals surface area contributed by atoms with Gasteiger partial charge in [-0.3, -0.25) is 14.4 Å². The lowest BCUT2D eigenvalue weighted by Crippen LogP contribution is -2.60. The third-order valence-corrected chi connectivity index (χ3v) is 15.0. The van der Waals surface area contributed by atoms with E-state index in [1.807, 2.05) is 26.0 Å². The second-order valence-electron chi connectivity index (χ2n) is 19.8. The molecule has 6 rings (SSSR count). The van der Waals surface area contributed by atoms with Crippen molar-refractivity contribution >= 4 is 17.5 Å². The van der Waals surface area contributed by atoms with Gasteiger partial charge in [-0.25, -0.2) is 0 Å². The maximum atomic E-state index is 13.8. The van der Waals surface area contributed by atoms with E-state index in [9.17, 15) is 24.6 Å². The van der Waals surface area contributed by atoms with E-state index in [0.29, 0.717) is 23.0 Å². The van der Waals surface area contributed by atoms with Crippen LogP contribution in [0.4, 0.5) is 0 Å². The molecule has 7 heteroatoms. The van der Waals surface area contributed by atoms with Crippen LogP contribution in [0.25, 0.3) is 0 Å². The van der Waals surface area contributed by atoms with Crippen LogP contribution in [-0.4, -0.2) is 39.8 Å². The normalized spacial score (nSPS) is 35.8. The number of aryl methyl sites for hydroxylation is 2. The Morgan fingerprint density at radius 1 is 0.660 bits per heavy atom. The summed E-state index contributed by atoms with van der Waals surface area (Å²) in [6.07, 6.45) is 8.71. The highest BCUT2D eigenvalue weighted by atomic mass is 16.3. The van der Waals surface area contributed by atoms with Crippen molar-refractivity contribution in [2.75, 3.05) is 0 Å². The van der Waals surface area contributed by atoms with E-state index in [0.717, 1.165) is 49.7 Å². The Labute approximate surface area is 319 Å². The number of carbonyl (C=O) groups is 3. The van der Waals surface area contributed by atoms with Crippen molar-refractivity contribution in [1.82, 2.24) is 5.32 Å². The Hall–Kier alpha value is -3.19. The molecule has 1 amide bonds. The summed E-state index contributed by atoms with van der Waals surface area (Å²) in [6, 6.07) is 10.4. The summed E-state index contributed by atoms with van der Waals surface area (Å²) in [6.45, 7) is 23.6. The van der Waals surface area contributed by atoms with Gasteiger partial charge in [-0.2, -0.15) is 0 Å². The molecular formula is C46H68N2O5. The molecule has 5 N–H and O–H groups in total. The molecule has 0 spiro atoms. The van der Waals surface area contributed by atoms with Gasteiger partial charge < -0.3 is 21.3 Å². The van der Waals surface area contributed by atoms with Crippen LogP contribution in [0, 0.1) is 71.0 Å². The third-order valence-electron chi connectivity index (χ3n) is 15.0. The zero-order valence-corrected chi connectivity index (χ0v) is 34.4. The van der Waals surface area contributed by atoms with Gasteiger partial charge in [0.15, 0.2) is 11.6 Å². The van der Waals surface area contributed by atoms with E-state index in [-0.39, 0.29) is 86.4 Å². The average Bonchev–Trinajstić information content (AvgIpc) is 3.02. The molecule has 0 radical (unpaired) electrons. The highest BCUT2D eigenvalue weighted by molar-refractivity contribution is 6.00. The molecular weight excluding hydrogens is 661 g/mol. The molecule has 4 saturated carbocycles. The van der Waals surface area contributed by atoms with Crippen molar-refractivity contribution in [3.63, 3.8) is 0 Å². The number of rotatable bonds is 5. The van der Waals surface area contributed by atoms with Crippen LogP contribution in [0.15, 0.2) is 36.4 Å². The lowest BCUT2D eigenvalue weighted by Gasteiger charge is -2.60. The largest absolute Gasteiger partial charge is 0.508 e. The number of hydrogen-bond acceptors (Lipinski definition) is 6. The number of nitrogens with one attached hydrogen (secondary N) is 1. The zero-order chi connectivity index (χ0) is 39.4. The lowest BCUT2D eigenvalue weighted by molar-refractivity contribution is -0.125. The Morgan fingerprint density at radius 2 is 1.08 bits per heavy atom. The molecule has 0 bridgehead atoms. The molecule has 4 fully saturated rings. The van der Waals surface area contributed by atoms with Crippen LogP contribution in [0.1, 0.15) is 146 Å². The molecule has 7 nitrogen and oxygen atoms in total. The molecule has 53 heavy (non-hydrogen) atoms. The second-order valence-corrected chi connectivity index (χ2v) is 19.8. The smallest absolute Gasteiger partial charge is 0.217 e. The van der Waals surface area contributed by atoms with Gasteiger partial charge in [-0.1, -0.05) is 68.2 Å². The second kappa shape index (κ2) is 14.8. The SMILES string of the molecule is CC(=O)N[C@@H]1C[C@H]2C(C)(C)CCC[C@]2(C)[C@@H](C(=O)c2cc(C)cc(O)c2)[C@@H]1C.Cc1cc(O)cc(C(=O)[C@H]2[C@H](C)[C@H](N)C[C@H]3C(C)(C)CCC[C@]23C)c1. The molecule has 0 aromatic heterocycles. The fourth-order valence-electron chi connectivity index (χ4n) is 12.6. The highest BCUT2D eigenvalue weighted by Gasteiger charge is 2.59. The first-order valence-corrected chi connectivity index (χ1v) is 20.2. The molecule has 4 aliphatic rings. The van der Waals surface area contributed by atoms with Gasteiger partial charge in [-0.05, 0) is 145 Å². The number of hydrogen-bond donors (Lipinski definition) is 4. The fourth-order valence-corrected chi connectivity index (χ4v) is 12.6. The quantitative estimate of drug-likeness (QED) is 0.227. The minimum absolute atomic E-state index is 0.000283. The lowest BCUT2D eigenvalue weighted by atomic mass is 9.45. The average molecular weight is 729 g/mol. The van der Waals surface area contributed by atoms with Gasteiger partial charge in [0.1, 0.15) is 11.5 Å². The van der Waals surface area contributed by atoms with Crippen LogP contribution >= 0.6 is 0 Å². The predicted molar refractivity (Wildman–Crippen MR) is 213 cm³/mol. The summed E-state index contributed by atoms with van der Waals surface area (Å²) < 4.78 is 0. The minimum Gasteiger partial charge on any atom is -0.508 e. The van der Waals surface area contributed by atoms with Crippen LogP contribution in [-0.2, 0) is 4.79 Å². The van der Waals surface area contributed by atoms with Crippen molar-refractivity contribution in [1.29, 1.82) is 0 Å². The van der Waals surface area contributed by atoms with Crippen LogP contribution < -0.4 is 11.1 Å². The summed E-state index contributed by atoms with van der Waals surface area (Å²) in [5.41, 5.74) is 9.78. The monoisotopic (exact) mass is 729 g/mol. The molecule has 0 heterocycles. The first-order valence-electron chi connectivity index (χ1n) is 20.2. The Morgan fingerprint density at radius 3 is 1.49 bits per heavy atom. The highest BCUT2D eigenvalue weighted by Crippen LogP contribution is 2.63. The van der Waals surface area contributed by atoms with E-state index >= 15 is 0 Å². The minimum atomic E-state index is -0.177. The van der Waals surface area contributed by atoms with Gasteiger partial charge in [0.2, 0.25) is 5.91 Å². The number of fused-ring (bicyclic) bond motifs is 2. The van der Waals surface area contributed by atoms with Gasteiger partial charge in [-0.15, -0.1) is 0 Å². The maximum absolute atomic E-state index is 13.8. The summed E-state index contributed by atoms with van der Waals surface area (Å²) in [5.74, 6) is 1.32. The molecule has 292 valence electrons. The number of aromatic hydroxyl groups is 2. The maximum Gasteiger partial charge on any atom is 0.217 e. The first kappa shape index (κ1) is 41.0. The van der Waals surface area contributed by atoms with Gasteiger partial charge in [0.05, 0.1) is 0 Å². The number of benzene rings is 2. The van der Waals surface area contributed by atoms with Gasteiger partial charge >= 0.3 is 0 Å². The Balaban J connectivity index is 0.000000206. The number of ketones is 2. The fraction of sp³-hybridized carbons (Fsp3) is 0.674. The molecule has 2 aromatic carbocycles. The van der Waals surface area contributed by atoms with Crippen molar-refractivity contribution in [3.05, 3.63) is 58.7 Å². The van der Waals surface area contributed by atoms with E-state index < -0.39 is 0 Å². The van der Waals surface area contributed by atoms with E-state index in [4.69, 9.17) is 5.73 Å². The van der Waals surface area contributed by atoms with Crippen LogP contribution in [0.5, 0.6) is 11.5 Å². The summed E-state index contributed by atoms with van der Waals surface area (Å²) in [7, 11) is 0. The Kier molecular flexibility index (Phi) is 11.4. The Bertz CT molecular complexity index is 1670. The number of phenols is 2. The number of carbonyl (C=O) groups excluding carboxylic acids is 3. The van der Waals surface area contributed by atoms with E-state index in [1.54, 1.807) is 31.2 Å². The molecule has 0 unspecified atom stereocenters.